The van der Waals surface area contributed by atoms with Crippen molar-refractivity contribution in [1.29, 1.82) is 0 Å². The highest BCUT2D eigenvalue weighted by Crippen LogP contribution is 2.19. The normalized spacial score (nSPS) is 10.2. The second-order valence-electron chi connectivity index (χ2n) is 5.85. The Balaban J connectivity index is 1.69. The highest BCUT2D eigenvalue weighted by molar-refractivity contribution is 6.04. The summed E-state index contributed by atoms with van der Waals surface area (Å²) in [5.74, 6) is -1.22. The summed E-state index contributed by atoms with van der Waals surface area (Å²) in [4.78, 5) is 28.1. The fraction of sp³-hybridized carbons (Fsp3) is 0.0952. The van der Waals surface area contributed by atoms with E-state index in [1.807, 2.05) is 0 Å². The van der Waals surface area contributed by atoms with Crippen LogP contribution in [-0.4, -0.2) is 23.5 Å². The molecule has 0 spiro atoms. The average molecular weight is 379 g/mol. The molecule has 0 saturated heterocycles. The fourth-order valence-corrected chi connectivity index (χ4v) is 2.47. The minimum absolute atomic E-state index is 0.314. The Morgan fingerprint density at radius 3 is 2.46 bits per heavy atom. The number of nitrogens with zero attached hydrogens (tertiary/aromatic N) is 1. The number of amides is 1. The van der Waals surface area contributed by atoms with Crippen LogP contribution in [0.25, 0.3) is 0 Å². The number of esters is 1. The van der Waals surface area contributed by atoms with Gasteiger partial charge in [-0.2, -0.15) is 0 Å². The van der Waals surface area contributed by atoms with Crippen LogP contribution in [0.3, 0.4) is 0 Å². The summed E-state index contributed by atoms with van der Waals surface area (Å²) < 4.78 is 18.2. The molecule has 0 radical (unpaired) electrons. The third-order valence-electron chi connectivity index (χ3n) is 3.77. The van der Waals surface area contributed by atoms with Crippen LogP contribution in [0.15, 0.2) is 67.0 Å². The van der Waals surface area contributed by atoms with Crippen molar-refractivity contribution in [3.05, 3.63) is 83.9 Å². The number of benzene rings is 2. The van der Waals surface area contributed by atoms with Gasteiger partial charge in [-0.1, -0.05) is 6.07 Å². The number of rotatable bonds is 6. The van der Waals surface area contributed by atoms with Gasteiger partial charge < -0.3 is 15.4 Å². The van der Waals surface area contributed by atoms with Crippen molar-refractivity contribution in [2.45, 2.75) is 6.92 Å². The van der Waals surface area contributed by atoms with Gasteiger partial charge in [-0.3, -0.25) is 9.78 Å². The molecule has 0 bridgehead atoms. The SMILES string of the molecule is CCOC(=O)c1ccc(Nc2cncc(C(=O)Nc3cccc(F)c3)c2)cc1. The van der Waals surface area contributed by atoms with E-state index in [0.717, 1.165) is 5.69 Å². The topological polar surface area (TPSA) is 80.3 Å². The number of carbonyl (C=O) groups is 2. The molecule has 0 saturated carbocycles. The van der Waals surface area contributed by atoms with E-state index < -0.39 is 11.7 Å². The summed E-state index contributed by atoms with van der Waals surface area (Å²) >= 11 is 0. The number of carbonyl (C=O) groups excluding carboxylic acids is 2. The zero-order valence-electron chi connectivity index (χ0n) is 15.1. The molecule has 2 aromatic carbocycles. The van der Waals surface area contributed by atoms with Crippen molar-refractivity contribution in [2.24, 2.45) is 0 Å². The first-order valence-corrected chi connectivity index (χ1v) is 8.61. The number of hydrogen-bond donors (Lipinski definition) is 2. The molecule has 0 fully saturated rings. The van der Waals surface area contributed by atoms with Crippen molar-refractivity contribution < 1.29 is 18.7 Å². The van der Waals surface area contributed by atoms with Gasteiger partial charge in [0.25, 0.3) is 5.91 Å². The average Bonchev–Trinajstić information content (AvgIpc) is 2.69. The quantitative estimate of drug-likeness (QED) is 0.621. The third kappa shape index (κ3) is 4.91. The van der Waals surface area contributed by atoms with E-state index in [1.165, 1.54) is 24.4 Å². The molecule has 3 aromatic rings. The maximum Gasteiger partial charge on any atom is 0.338 e. The lowest BCUT2D eigenvalue weighted by Crippen LogP contribution is -2.12. The first-order chi connectivity index (χ1) is 13.5. The van der Waals surface area contributed by atoms with Gasteiger partial charge in [-0.25, -0.2) is 9.18 Å². The number of ether oxygens (including phenoxy) is 1. The van der Waals surface area contributed by atoms with Crippen LogP contribution < -0.4 is 10.6 Å². The lowest BCUT2D eigenvalue weighted by molar-refractivity contribution is 0.0526. The fourth-order valence-electron chi connectivity index (χ4n) is 2.47. The number of anilines is 3. The predicted molar refractivity (Wildman–Crippen MR) is 104 cm³/mol. The van der Waals surface area contributed by atoms with E-state index in [0.29, 0.717) is 29.1 Å². The largest absolute Gasteiger partial charge is 0.462 e. The van der Waals surface area contributed by atoms with Gasteiger partial charge in [0.1, 0.15) is 5.82 Å². The number of pyridine rings is 1. The van der Waals surface area contributed by atoms with Crippen molar-refractivity contribution in [3.63, 3.8) is 0 Å². The maximum atomic E-state index is 13.2. The number of hydrogen-bond acceptors (Lipinski definition) is 5. The Morgan fingerprint density at radius 2 is 1.75 bits per heavy atom. The van der Waals surface area contributed by atoms with E-state index in [1.54, 1.807) is 49.5 Å². The van der Waals surface area contributed by atoms with E-state index in [9.17, 15) is 14.0 Å². The second kappa shape index (κ2) is 8.77. The van der Waals surface area contributed by atoms with Crippen LogP contribution in [0.5, 0.6) is 0 Å². The Hall–Kier alpha value is -3.74. The molecule has 1 amide bonds. The molecule has 1 aromatic heterocycles. The van der Waals surface area contributed by atoms with Crippen molar-refractivity contribution in [1.82, 2.24) is 4.98 Å². The third-order valence-corrected chi connectivity index (χ3v) is 3.77. The van der Waals surface area contributed by atoms with Crippen LogP contribution in [0.2, 0.25) is 0 Å². The number of aromatic nitrogens is 1. The van der Waals surface area contributed by atoms with Crippen LogP contribution in [0.4, 0.5) is 21.5 Å². The van der Waals surface area contributed by atoms with Gasteiger partial charge >= 0.3 is 5.97 Å². The zero-order chi connectivity index (χ0) is 19.9. The van der Waals surface area contributed by atoms with Crippen molar-refractivity contribution in [2.75, 3.05) is 17.2 Å². The summed E-state index contributed by atoms with van der Waals surface area (Å²) in [5.41, 5.74) is 2.44. The summed E-state index contributed by atoms with van der Waals surface area (Å²) in [6, 6.07) is 14.0. The molecule has 1 heterocycles. The van der Waals surface area contributed by atoms with Crippen LogP contribution in [0, 0.1) is 5.82 Å². The predicted octanol–water partition coefficient (Wildman–Crippen LogP) is 4.39. The Labute approximate surface area is 161 Å². The summed E-state index contributed by atoms with van der Waals surface area (Å²) in [7, 11) is 0. The molecule has 142 valence electrons. The van der Waals surface area contributed by atoms with Gasteiger partial charge in [0.15, 0.2) is 0 Å². The Kier molecular flexibility index (Phi) is 5.96. The highest BCUT2D eigenvalue weighted by Gasteiger charge is 2.09. The van der Waals surface area contributed by atoms with Gasteiger partial charge in [0.2, 0.25) is 0 Å². The smallest absolute Gasteiger partial charge is 0.338 e. The van der Waals surface area contributed by atoms with Crippen molar-refractivity contribution in [3.8, 4) is 0 Å². The molecule has 28 heavy (non-hydrogen) atoms. The molecular formula is C21H18FN3O3. The zero-order valence-corrected chi connectivity index (χ0v) is 15.1. The second-order valence-corrected chi connectivity index (χ2v) is 5.85. The maximum absolute atomic E-state index is 13.2. The standard InChI is InChI=1S/C21H18FN3O3/c1-2-28-21(27)14-6-8-17(9-7-14)24-19-10-15(12-23-13-19)20(26)25-18-5-3-4-16(22)11-18/h3-13,24H,2H2,1H3,(H,25,26). The molecule has 7 heteroatoms. The molecule has 0 aliphatic heterocycles. The summed E-state index contributed by atoms with van der Waals surface area (Å²) in [6.07, 6.45) is 2.99. The van der Waals surface area contributed by atoms with E-state index >= 15 is 0 Å². The molecule has 6 nitrogen and oxygen atoms in total. The number of nitrogens with one attached hydrogen (secondary N) is 2. The summed E-state index contributed by atoms with van der Waals surface area (Å²) in [5, 5.41) is 5.74. The van der Waals surface area contributed by atoms with Gasteiger partial charge in [0.05, 0.1) is 29.6 Å². The summed E-state index contributed by atoms with van der Waals surface area (Å²) in [6.45, 7) is 2.06. The molecule has 0 aliphatic rings. The Bertz CT molecular complexity index is 990. The molecular weight excluding hydrogens is 361 g/mol. The van der Waals surface area contributed by atoms with Gasteiger partial charge in [-0.15, -0.1) is 0 Å². The van der Waals surface area contributed by atoms with E-state index in [-0.39, 0.29) is 5.97 Å². The van der Waals surface area contributed by atoms with Crippen LogP contribution in [0.1, 0.15) is 27.6 Å². The molecule has 0 aliphatic carbocycles. The van der Waals surface area contributed by atoms with Gasteiger partial charge in [-0.05, 0) is 55.5 Å². The first-order valence-electron chi connectivity index (χ1n) is 8.61. The minimum Gasteiger partial charge on any atom is -0.462 e. The lowest BCUT2D eigenvalue weighted by atomic mass is 10.2. The van der Waals surface area contributed by atoms with Crippen LogP contribution >= 0.6 is 0 Å². The minimum atomic E-state index is -0.433. The number of halogens is 1. The Morgan fingerprint density at radius 1 is 0.964 bits per heavy atom. The van der Waals surface area contributed by atoms with Crippen LogP contribution in [-0.2, 0) is 4.74 Å². The van der Waals surface area contributed by atoms with E-state index in [4.69, 9.17) is 4.74 Å². The highest BCUT2D eigenvalue weighted by atomic mass is 19.1. The first kappa shape index (κ1) is 19.0. The van der Waals surface area contributed by atoms with Crippen molar-refractivity contribution >= 4 is 28.9 Å². The molecule has 2 N–H and O–H groups in total. The molecule has 3 rings (SSSR count). The molecule has 0 atom stereocenters. The van der Waals surface area contributed by atoms with Gasteiger partial charge in [0, 0.05) is 17.6 Å². The monoisotopic (exact) mass is 379 g/mol. The van der Waals surface area contributed by atoms with E-state index in [2.05, 4.69) is 15.6 Å². The molecule has 0 unspecified atom stereocenters. The lowest BCUT2D eigenvalue weighted by Gasteiger charge is -2.09.